The fourth-order valence-corrected chi connectivity index (χ4v) is 2.19. The van der Waals surface area contributed by atoms with Crippen LogP contribution in [-0.4, -0.2) is 24.4 Å². The summed E-state index contributed by atoms with van der Waals surface area (Å²) in [7, 11) is 0. The predicted molar refractivity (Wildman–Crippen MR) is 56.3 cm³/mol. The van der Waals surface area contributed by atoms with Gasteiger partial charge in [-0.2, -0.15) is 0 Å². The van der Waals surface area contributed by atoms with E-state index >= 15 is 0 Å². The Hall–Kier alpha value is -0.340. The van der Waals surface area contributed by atoms with Crippen LogP contribution in [0.1, 0.15) is 40.0 Å². The lowest BCUT2D eigenvalue weighted by atomic mass is 9.98. The van der Waals surface area contributed by atoms with Crippen molar-refractivity contribution in [2.75, 3.05) is 0 Å². The van der Waals surface area contributed by atoms with Crippen molar-refractivity contribution in [3.63, 3.8) is 0 Å². The largest absolute Gasteiger partial charge is 0.368 e. The molecule has 0 aromatic heterocycles. The summed E-state index contributed by atoms with van der Waals surface area (Å²) in [4.78, 5) is 0. The van der Waals surface area contributed by atoms with Crippen LogP contribution in [0.2, 0.25) is 0 Å². The molecule has 0 aromatic rings. The van der Waals surface area contributed by atoms with E-state index in [-0.39, 0.29) is 6.10 Å². The Kier molecular flexibility index (Phi) is 2.93. The van der Waals surface area contributed by atoms with Crippen molar-refractivity contribution in [2.24, 2.45) is 0 Å². The molecular formula is C12H20O2. The van der Waals surface area contributed by atoms with E-state index in [1.54, 1.807) is 0 Å². The minimum atomic E-state index is 0.221. The molecule has 1 aliphatic heterocycles. The van der Waals surface area contributed by atoms with Gasteiger partial charge in [-0.3, -0.25) is 0 Å². The Morgan fingerprint density at radius 2 is 2.21 bits per heavy atom. The highest BCUT2D eigenvalue weighted by atomic mass is 16.6. The van der Waals surface area contributed by atoms with E-state index in [1.165, 1.54) is 5.57 Å². The Morgan fingerprint density at radius 3 is 2.86 bits per heavy atom. The second-order valence-electron chi connectivity index (χ2n) is 4.40. The molecule has 0 N–H and O–H groups in total. The zero-order valence-corrected chi connectivity index (χ0v) is 9.32. The standard InChI is InChI=1S/C12H20O2/c1-4-9(5-2)13-10-6-8(3)7-11-12(10)14-11/h6,9-12H,4-5,7H2,1-3H3/t10-,11+,12-/m1/s1. The van der Waals surface area contributed by atoms with E-state index in [0.717, 1.165) is 19.3 Å². The van der Waals surface area contributed by atoms with Gasteiger partial charge < -0.3 is 9.47 Å². The number of rotatable bonds is 4. The molecule has 0 radical (unpaired) electrons. The maximum atomic E-state index is 6.01. The zero-order chi connectivity index (χ0) is 10.1. The van der Waals surface area contributed by atoms with E-state index < -0.39 is 0 Å². The van der Waals surface area contributed by atoms with Crippen LogP contribution in [0.15, 0.2) is 11.6 Å². The van der Waals surface area contributed by atoms with Crippen molar-refractivity contribution >= 4 is 0 Å². The van der Waals surface area contributed by atoms with Crippen LogP contribution >= 0.6 is 0 Å². The Morgan fingerprint density at radius 1 is 1.50 bits per heavy atom. The van der Waals surface area contributed by atoms with Gasteiger partial charge in [-0.05, 0) is 26.2 Å². The minimum absolute atomic E-state index is 0.221. The molecule has 0 saturated carbocycles. The first kappa shape index (κ1) is 10.2. The van der Waals surface area contributed by atoms with Gasteiger partial charge in [0.1, 0.15) is 12.2 Å². The Labute approximate surface area is 86.3 Å². The van der Waals surface area contributed by atoms with E-state index in [2.05, 4.69) is 26.8 Å². The highest BCUT2D eigenvalue weighted by Gasteiger charge is 2.47. The molecular weight excluding hydrogens is 176 g/mol. The summed E-state index contributed by atoms with van der Waals surface area (Å²) in [6, 6.07) is 0. The second kappa shape index (κ2) is 4.03. The molecule has 0 spiro atoms. The van der Waals surface area contributed by atoms with Gasteiger partial charge in [0.2, 0.25) is 0 Å². The van der Waals surface area contributed by atoms with Gasteiger partial charge in [-0.1, -0.05) is 25.5 Å². The average molecular weight is 196 g/mol. The summed E-state index contributed by atoms with van der Waals surface area (Å²) >= 11 is 0. The average Bonchev–Trinajstić information content (AvgIpc) is 2.92. The van der Waals surface area contributed by atoms with Crippen LogP contribution in [0.4, 0.5) is 0 Å². The van der Waals surface area contributed by atoms with Crippen molar-refractivity contribution < 1.29 is 9.47 Å². The maximum Gasteiger partial charge on any atom is 0.114 e. The molecule has 1 aliphatic carbocycles. The molecule has 0 amide bonds. The quantitative estimate of drug-likeness (QED) is 0.509. The molecule has 1 heterocycles. The first-order valence-electron chi connectivity index (χ1n) is 5.72. The summed E-state index contributed by atoms with van der Waals surface area (Å²) in [6.07, 6.45) is 6.97. The van der Waals surface area contributed by atoms with Gasteiger partial charge in [-0.15, -0.1) is 0 Å². The van der Waals surface area contributed by atoms with Crippen molar-refractivity contribution in [1.82, 2.24) is 0 Å². The van der Waals surface area contributed by atoms with Crippen LogP contribution < -0.4 is 0 Å². The van der Waals surface area contributed by atoms with Crippen molar-refractivity contribution in [3.8, 4) is 0 Å². The number of hydrogen-bond donors (Lipinski definition) is 0. The van der Waals surface area contributed by atoms with Crippen LogP contribution in [0, 0.1) is 0 Å². The third-order valence-electron chi connectivity index (χ3n) is 3.18. The molecule has 3 atom stereocenters. The highest BCUT2D eigenvalue weighted by Crippen LogP contribution is 2.38. The molecule has 2 rings (SSSR count). The molecule has 1 saturated heterocycles. The van der Waals surface area contributed by atoms with Gasteiger partial charge in [0, 0.05) is 0 Å². The van der Waals surface area contributed by atoms with Crippen LogP contribution in [-0.2, 0) is 9.47 Å². The van der Waals surface area contributed by atoms with Gasteiger partial charge in [0.05, 0.1) is 12.2 Å². The summed E-state index contributed by atoms with van der Waals surface area (Å²) in [5.41, 5.74) is 1.42. The summed E-state index contributed by atoms with van der Waals surface area (Å²) < 4.78 is 11.6. The summed E-state index contributed by atoms with van der Waals surface area (Å²) in [5.74, 6) is 0. The second-order valence-corrected chi connectivity index (χ2v) is 4.40. The molecule has 1 fully saturated rings. The molecule has 2 nitrogen and oxygen atoms in total. The lowest BCUT2D eigenvalue weighted by Crippen LogP contribution is -2.28. The topological polar surface area (TPSA) is 21.8 Å². The highest BCUT2D eigenvalue weighted by molar-refractivity contribution is 5.17. The maximum absolute atomic E-state index is 6.01. The molecule has 14 heavy (non-hydrogen) atoms. The van der Waals surface area contributed by atoms with Gasteiger partial charge in [-0.25, -0.2) is 0 Å². The van der Waals surface area contributed by atoms with E-state index in [0.29, 0.717) is 18.3 Å². The van der Waals surface area contributed by atoms with E-state index in [9.17, 15) is 0 Å². The smallest absolute Gasteiger partial charge is 0.114 e. The fourth-order valence-electron chi connectivity index (χ4n) is 2.19. The molecule has 0 unspecified atom stereocenters. The van der Waals surface area contributed by atoms with Crippen LogP contribution in [0.5, 0.6) is 0 Å². The van der Waals surface area contributed by atoms with E-state index in [1.807, 2.05) is 0 Å². The van der Waals surface area contributed by atoms with Gasteiger partial charge in [0.15, 0.2) is 0 Å². The monoisotopic (exact) mass is 196 g/mol. The summed E-state index contributed by atoms with van der Waals surface area (Å²) in [5, 5.41) is 0. The van der Waals surface area contributed by atoms with Gasteiger partial charge in [0.25, 0.3) is 0 Å². The first-order chi connectivity index (χ1) is 6.74. The molecule has 0 aromatic carbocycles. The molecule has 2 aliphatic rings. The predicted octanol–water partition coefficient (Wildman–Crippen LogP) is 2.68. The van der Waals surface area contributed by atoms with Crippen LogP contribution in [0.3, 0.4) is 0 Å². The minimum Gasteiger partial charge on any atom is -0.368 e. The van der Waals surface area contributed by atoms with Crippen molar-refractivity contribution in [3.05, 3.63) is 11.6 Å². The molecule has 80 valence electrons. The number of ether oxygens (including phenoxy) is 2. The third-order valence-corrected chi connectivity index (χ3v) is 3.18. The zero-order valence-electron chi connectivity index (χ0n) is 9.32. The number of epoxide rings is 1. The van der Waals surface area contributed by atoms with E-state index in [4.69, 9.17) is 9.47 Å². The molecule has 0 bridgehead atoms. The van der Waals surface area contributed by atoms with Crippen molar-refractivity contribution in [1.29, 1.82) is 0 Å². The Balaban J connectivity index is 1.93. The summed E-state index contributed by atoms with van der Waals surface area (Å²) in [6.45, 7) is 6.53. The number of hydrogen-bond acceptors (Lipinski definition) is 2. The Bertz CT molecular complexity index is 230. The third kappa shape index (κ3) is 2.01. The lowest BCUT2D eigenvalue weighted by molar-refractivity contribution is -0.00446. The number of fused-ring (bicyclic) bond motifs is 1. The van der Waals surface area contributed by atoms with Crippen LogP contribution in [0.25, 0.3) is 0 Å². The fraction of sp³-hybridized carbons (Fsp3) is 0.833. The lowest BCUT2D eigenvalue weighted by Gasteiger charge is -2.22. The normalized spacial score (nSPS) is 35.4. The first-order valence-corrected chi connectivity index (χ1v) is 5.72. The SMILES string of the molecule is CCC(CC)O[C@@H]1C=C(C)C[C@@H]2O[C@@H]21. The van der Waals surface area contributed by atoms with Gasteiger partial charge >= 0.3 is 0 Å². The van der Waals surface area contributed by atoms with Crippen molar-refractivity contribution in [2.45, 2.75) is 64.4 Å². The molecule has 2 heteroatoms.